The first-order valence-corrected chi connectivity index (χ1v) is 14.5. The topological polar surface area (TPSA) is 54.0 Å². The molecule has 7 rings (SSSR count). The molecular weight excluding hydrogens is 554 g/mol. The molecule has 200 valence electrons. The van der Waals surface area contributed by atoms with E-state index in [9.17, 15) is 0 Å². The van der Waals surface area contributed by atoms with Crippen LogP contribution in [0.2, 0.25) is 0 Å². The van der Waals surface area contributed by atoms with Crippen LogP contribution >= 0.6 is 0 Å². The predicted molar refractivity (Wildman–Crippen MR) is 168 cm³/mol. The second kappa shape index (κ2) is 10.1. The molecule has 4 aromatic rings. The summed E-state index contributed by atoms with van der Waals surface area (Å²) in [5, 5.41) is 0. The van der Waals surface area contributed by atoms with Gasteiger partial charge in [0.25, 0.3) is 0 Å². The first-order valence-electron chi connectivity index (χ1n) is 14.5. The number of aryl methyl sites for hydroxylation is 3. The van der Waals surface area contributed by atoms with Gasteiger partial charge < -0.3 is 9.97 Å². The van der Waals surface area contributed by atoms with Crippen molar-refractivity contribution in [2.45, 2.75) is 67.7 Å². The summed E-state index contributed by atoms with van der Waals surface area (Å²) in [4.78, 5) is 21.0. The minimum atomic E-state index is 0. The van der Waals surface area contributed by atoms with Crippen molar-refractivity contribution in [3.8, 4) is 22.3 Å². The van der Waals surface area contributed by atoms with Crippen molar-refractivity contribution < 1.29 is 19.5 Å². The van der Waals surface area contributed by atoms with Crippen molar-refractivity contribution >= 4 is 44.4 Å². The third-order valence-electron chi connectivity index (χ3n) is 9.18. The molecule has 1 aliphatic carbocycles. The van der Waals surface area contributed by atoms with Gasteiger partial charge in [0.05, 0.1) is 22.8 Å². The molecule has 0 saturated carbocycles. The molecule has 3 aliphatic rings. The fraction of sp³-hybridized carbons (Fsp3) is 0.278. The van der Waals surface area contributed by atoms with E-state index in [1.807, 2.05) is 0 Å². The Morgan fingerprint density at radius 2 is 1.10 bits per heavy atom. The van der Waals surface area contributed by atoms with Crippen molar-refractivity contribution in [1.82, 2.24) is 19.9 Å². The number of rotatable bonds is 3. The van der Waals surface area contributed by atoms with Gasteiger partial charge in [-0.25, -0.2) is 9.97 Å². The van der Waals surface area contributed by atoms with Gasteiger partial charge in [0.15, 0.2) is 0 Å². The molecule has 0 radical (unpaired) electrons. The van der Waals surface area contributed by atoms with E-state index in [0.717, 1.165) is 69.7 Å². The molecule has 0 unspecified atom stereocenters. The number of hydrogen-bond donors (Lipinski definition) is 0. The largest absolute Gasteiger partial charge is 2.00 e. The summed E-state index contributed by atoms with van der Waals surface area (Å²) in [6.45, 7) is 15.4. The van der Waals surface area contributed by atoms with Crippen LogP contribution in [0.5, 0.6) is 0 Å². The van der Waals surface area contributed by atoms with Crippen LogP contribution in [0.25, 0.3) is 66.6 Å². The zero-order valence-electron chi connectivity index (χ0n) is 25.2. The maximum Gasteiger partial charge on any atom is 2.00 e. The van der Waals surface area contributed by atoms with Crippen LogP contribution in [0.3, 0.4) is 0 Å². The second-order valence-electron chi connectivity index (χ2n) is 11.2. The molecule has 41 heavy (non-hydrogen) atoms. The molecule has 0 saturated heterocycles. The van der Waals surface area contributed by atoms with E-state index < -0.39 is 0 Å². The van der Waals surface area contributed by atoms with Crippen LogP contribution in [0.15, 0.2) is 42.5 Å². The Morgan fingerprint density at radius 3 is 1.63 bits per heavy atom. The van der Waals surface area contributed by atoms with E-state index in [-0.39, 0.29) is 19.5 Å². The Bertz CT molecular complexity index is 2000. The minimum absolute atomic E-state index is 0. The molecule has 3 aromatic heterocycles. The zero-order chi connectivity index (χ0) is 27.9. The Balaban J connectivity index is 0.00000302. The molecule has 2 aliphatic heterocycles. The number of allylic oxidation sites excluding steroid dienone is 4. The summed E-state index contributed by atoms with van der Waals surface area (Å²) in [5.41, 5.74) is 21.7. The van der Waals surface area contributed by atoms with Gasteiger partial charge in [-0.3, -0.25) is 0 Å². The van der Waals surface area contributed by atoms with Gasteiger partial charge in [-0.05, 0) is 97.6 Å². The Hall–Kier alpha value is -3.56. The van der Waals surface area contributed by atoms with Crippen LogP contribution in [-0.4, -0.2) is 9.97 Å². The van der Waals surface area contributed by atoms with Crippen molar-refractivity contribution in [1.29, 1.82) is 0 Å². The van der Waals surface area contributed by atoms with Crippen LogP contribution in [0.4, 0.5) is 0 Å². The van der Waals surface area contributed by atoms with Crippen molar-refractivity contribution in [3.05, 3.63) is 81.9 Å². The van der Waals surface area contributed by atoms with E-state index in [1.54, 1.807) is 0 Å². The molecule has 0 spiro atoms. The zero-order valence-corrected chi connectivity index (χ0v) is 28.1. The third kappa shape index (κ3) is 3.89. The first kappa shape index (κ1) is 27.6. The average molecular weight is 588 g/mol. The van der Waals surface area contributed by atoms with E-state index in [0.29, 0.717) is 0 Å². The molecule has 0 amide bonds. The van der Waals surface area contributed by atoms with E-state index in [1.165, 1.54) is 55.7 Å². The Kier molecular flexibility index (Phi) is 6.78. The molecular formula is C36H34N4Zn. The normalized spacial score (nSPS) is 13.6. The number of benzene rings is 1. The summed E-state index contributed by atoms with van der Waals surface area (Å²) in [7, 11) is 0. The minimum Gasteiger partial charge on any atom is -0.657 e. The fourth-order valence-electron chi connectivity index (χ4n) is 6.94. The molecule has 5 heteroatoms. The van der Waals surface area contributed by atoms with Crippen LogP contribution in [0.1, 0.15) is 86.9 Å². The fourth-order valence-corrected chi connectivity index (χ4v) is 6.94. The average Bonchev–Trinajstić information content (AvgIpc) is 3.69. The van der Waals surface area contributed by atoms with E-state index in [4.69, 9.17) is 19.9 Å². The smallest absolute Gasteiger partial charge is 0.657 e. The second-order valence-corrected chi connectivity index (χ2v) is 11.2. The van der Waals surface area contributed by atoms with Gasteiger partial charge in [0.1, 0.15) is 0 Å². The molecule has 0 atom stereocenters. The van der Waals surface area contributed by atoms with E-state index >= 15 is 0 Å². The molecule has 0 N–H and O–H groups in total. The molecule has 5 heterocycles. The van der Waals surface area contributed by atoms with Gasteiger partial charge in [-0.1, -0.05) is 73.9 Å². The Morgan fingerprint density at radius 1 is 0.585 bits per heavy atom. The monoisotopic (exact) mass is 586 g/mol. The number of hydrogen-bond acceptors (Lipinski definition) is 2. The van der Waals surface area contributed by atoms with Crippen molar-refractivity contribution in [3.63, 3.8) is 0 Å². The van der Waals surface area contributed by atoms with Crippen LogP contribution in [-0.2, 0) is 25.9 Å². The quantitative estimate of drug-likeness (QED) is 0.198. The third-order valence-corrected chi connectivity index (χ3v) is 9.18. The number of aromatic nitrogens is 4. The summed E-state index contributed by atoms with van der Waals surface area (Å²) >= 11 is 0. The number of nitrogens with zero attached hydrogens (tertiary/aromatic N) is 4. The van der Waals surface area contributed by atoms with Gasteiger partial charge in [0.2, 0.25) is 0 Å². The van der Waals surface area contributed by atoms with E-state index in [2.05, 4.69) is 90.9 Å². The van der Waals surface area contributed by atoms with Gasteiger partial charge >= 0.3 is 19.5 Å². The van der Waals surface area contributed by atoms with Gasteiger partial charge in [0, 0.05) is 0 Å². The summed E-state index contributed by atoms with van der Waals surface area (Å²) < 4.78 is 0. The Labute approximate surface area is 254 Å². The molecule has 1 aromatic carbocycles. The maximum absolute atomic E-state index is 5.34. The first-order chi connectivity index (χ1) is 19.4. The summed E-state index contributed by atoms with van der Waals surface area (Å²) in [5.74, 6) is 0. The van der Waals surface area contributed by atoms with Gasteiger partial charge in [-0.15, -0.1) is 22.1 Å². The molecule has 0 fully saturated rings. The standard InChI is InChI=1S/C36H34N4.Zn/c1-8-22-18(4)27-15-29-20(6)24(10-3)35(39-29)34-26-14-12-11-13-25(26)33-21(7)30(40-36(33)34)16-28-19(5)23(9-2)32(38-28)17-31(22)37-27;/h11-17H,8-10H2,1-7H3;/q-2;+2. The van der Waals surface area contributed by atoms with Crippen molar-refractivity contribution in [2.24, 2.45) is 0 Å². The van der Waals surface area contributed by atoms with Crippen LogP contribution in [0, 0.1) is 13.8 Å². The summed E-state index contributed by atoms with van der Waals surface area (Å²) in [6, 6.07) is 15.3. The SMILES string of the molecule is CCC1=C(C)c2cc3[n-]c(c(CC)c3C)c3c4[n-]c(cc5nc(cc1n2)C(CC)=C5C)c(C)c4-c1ccccc1-3.[Zn+2]. The molecule has 8 bridgehead atoms. The summed E-state index contributed by atoms with van der Waals surface area (Å²) in [6.07, 6.45) is 2.76. The predicted octanol–water partition coefficient (Wildman–Crippen LogP) is 9.08. The van der Waals surface area contributed by atoms with Crippen molar-refractivity contribution in [2.75, 3.05) is 0 Å². The number of fused-ring (bicyclic) bond motifs is 11. The van der Waals surface area contributed by atoms with Crippen LogP contribution < -0.4 is 9.97 Å². The van der Waals surface area contributed by atoms with Gasteiger partial charge in [-0.2, -0.15) is 0 Å². The maximum atomic E-state index is 5.34. The molecule has 4 nitrogen and oxygen atoms in total.